The molecule has 0 radical (unpaired) electrons. The van der Waals surface area contributed by atoms with Gasteiger partial charge in [0.25, 0.3) is 0 Å². The molecular weight excluding hydrogens is 290 g/mol. The first-order valence-corrected chi connectivity index (χ1v) is 7.33. The lowest BCUT2D eigenvalue weighted by Crippen LogP contribution is -1.94. The Balaban J connectivity index is 0.000000338. The molecule has 0 aliphatic carbocycles. The van der Waals surface area contributed by atoms with Crippen LogP contribution >= 0.6 is 0 Å². The molecule has 2 aromatic heterocycles. The molecule has 0 unspecified atom stereocenters. The van der Waals surface area contributed by atoms with E-state index in [0.29, 0.717) is 5.71 Å². The van der Waals surface area contributed by atoms with Crippen LogP contribution in [0.25, 0.3) is 16.7 Å². The maximum Gasteiger partial charge on any atom is 0.303 e. The van der Waals surface area contributed by atoms with Gasteiger partial charge in [-0.1, -0.05) is 31.2 Å². The molecule has 0 saturated heterocycles. The van der Waals surface area contributed by atoms with E-state index in [0.717, 1.165) is 22.3 Å². The molecule has 0 bridgehead atoms. The van der Waals surface area contributed by atoms with Gasteiger partial charge in [-0.15, -0.1) is 0 Å². The summed E-state index contributed by atoms with van der Waals surface area (Å²) in [4.78, 5) is 13.7. The molecule has 0 spiro atoms. The Hall–Kier alpha value is -2.95. The number of benzene rings is 1. The fourth-order valence-electron chi connectivity index (χ4n) is 2.16. The summed E-state index contributed by atoms with van der Waals surface area (Å²) in [6.07, 6.45) is 3.98. The molecule has 0 atom stereocenters. The Labute approximate surface area is 134 Å². The van der Waals surface area contributed by atoms with Gasteiger partial charge in [0.2, 0.25) is 0 Å². The first kappa shape index (κ1) is 16.4. The van der Waals surface area contributed by atoms with Crippen LogP contribution in [0.5, 0.6) is 0 Å². The van der Waals surface area contributed by atoms with Crippen molar-refractivity contribution in [1.29, 1.82) is 5.41 Å². The topological polar surface area (TPSA) is 79.0 Å². The summed E-state index contributed by atoms with van der Waals surface area (Å²) in [7, 11) is 0. The molecule has 3 aromatic rings. The lowest BCUT2D eigenvalue weighted by Gasteiger charge is -2.02. The number of carboxylic acid groups (broad SMARTS) is 1. The maximum absolute atomic E-state index is 9.37. The van der Waals surface area contributed by atoms with Gasteiger partial charge in [0.1, 0.15) is 5.82 Å². The minimum Gasteiger partial charge on any atom is -0.481 e. The first-order valence-electron chi connectivity index (χ1n) is 7.33. The van der Waals surface area contributed by atoms with Gasteiger partial charge < -0.3 is 15.1 Å². The molecule has 118 valence electrons. The van der Waals surface area contributed by atoms with Crippen LogP contribution in [0.15, 0.2) is 54.9 Å². The second kappa shape index (κ2) is 7.35. The highest BCUT2D eigenvalue weighted by Crippen LogP contribution is 2.24. The molecule has 23 heavy (non-hydrogen) atoms. The minimum atomic E-state index is -0.745. The van der Waals surface area contributed by atoms with Crippen LogP contribution in [0.2, 0.25) is 0 Å². The SMILES string of the molecule is CC(=N)c1cn(-c2ccccn2)c2ccccc12.CCC(=O)O. The third kappa shape index (κ3) is 3.83. The number of hydrogen-bond acceptors (Lipinski definition) is 3. The number of carboxylic acids is 1. The number of carbonyl (C=O) groups is 1. The van der Waals surface area contributed by atoms with Crippen LogP contribution in [0.3, 0.4) is 0 Å². The van der Waals surface area contributed by atoms with Crippen LogP contribution in [0, 0.1) is 5.41 Å². The molecular formula is C18H19N3O2. The van der Waals surface area contributed by atoms with Gasteiger partial charge in [0, 0.05) is 35.5 Å². The van der Waals surface area contributed by atoms with Gasteiger partial charge >= 0.3 is 5.97 Å². The van der Waals surface area contributed by atoms with Crippen molar-refractivity contribution in [2.24, 2.45) is 0 Å². The van der Waals surface area contributed by atoms with Gasteiger partial charge in [0.05, 0.1) is 5.52 Å². The zero-order valence-corrected chi connectivity index (χ0v) is 13.2. The van der Waals surface area contributed by atoms with E-state index < -0.39 is 5.97 Å². The van der Waals surface area contributed by atoms with Crippen molar-refractivity contribution in [3.05, 3.63) is 60.4 Å². The highest BCUT2D eigenvalue weighted by Gasteiger charge is 2.10. The predicted octanol–water partition coefficient (Wildman–Crippen LogP) is 3.89. The van der Waals surface area contributed by atoms with Gasteiger partial charge in [-0.3, -0.25) is 4.79 Å². The standard InChI is InChI=1S/C15H13N3.C3H6O2/c1-11(16)13-10-18(15-8-4-5-9-17-15)14-7-3-2-6-12(13)14;1-2-3(4)5/h2-10,16H,1H3;2H2,1H3,(H,4,5). The van der Waals surface area contributed by atoms with E-state index in [9.17, 15) is 4.79 Å². The average molecular weight is 309 g/mol. The van der Waals surface area contributed by atoms with Crippen molar-refractivity contribution in [2.75, 3.05) is 0 Å². The van der Waals surface area contributed by atoms with Gasteiger partial charge in [0.15, 0.2) is 0 Å². The van der Waals surface area contributed by atoms with Gasteiger partial charge in [-0.05, 0) is 25.1 Å². The number of para-hydroxylation sites is 1. The Bertz CT molecular complexity index is 823. The van der Waals surface area contributed by atoms with Crippen molar-refractivity contribution in [3.8, 4) is 5.82 Å². The number of nitrogens with zero attached hydrogens (tertiary/aromatic N) is 2. The fourth-order valence-corrected chi connectivity index (χ4v) is 2.16. The van der Waals surface area contributed by atoms with Crippen LogP contribution < -0.4 is 0 Å². The molecule has 3 rings (SSSR count). The smallest absolute Gasteiger partial charge is 0.303 e. The summed E-state index contributed by atoms with van der Waals surface area (Å²) in [5.74, 6) is 0.131. The number of nitrogens with one attached hydrogen (secondary N) is 1. The number of rotatable bonds is 3. The summed E-state index contributed by atoms with van der Waals surface area (Å²) in [5.41, 5.74) is 2.61. The Kier molecular flexibility index (Phi) is 5.25. The Morgan fingerprint density at radius 2 is 1.87 bits per heavy atom. The van der Waals surface area contributed by atoms with E-state index in [4.69, 9.17) is 10.5 Å². The van der Waals surface area contributed by atoms with Gasteiger partial charge in [-0.2, -0.15) is 0 Å². The largest absolute Gasteiger partial charge is 0.481 e. The number of aliphatic carboxylic acids is 1. The molecule has 5 nitrogen and oxygen atoms in total. The third-order valence-corrected chi connectivity index (χ3v) is 3.31. The molecule has 2 N–H and O–H groups in total. The van der Waals surface area contributed by atoms with E-state index in [1.54, 1.807) is 13.1 Å². The molecule has 2 heterocycles. The summed E-state index contributed by atoms with van der Waals surface area (Å²) < 4.78 is 2.03. The minimum absolute atomic E-state index is 0.222. The van der Waals surface area contributed by atoms with Crippen molar-refractivity contribution in [2.45, 2.75) is 20.3 Å². The molecule has 0 aliphatic rings. The average Bonchev–Trinajstić information content (AvgIpc) is 2.96. The van der Waals surface area contributed by atoms with Crippen molar-refractivity contribution >= 4 is 22.6 Å². The van der Waals surface area contributed by atoms with Crippen molar-refractivity contribution in [1.82, 2.24) is 9.55 Å². The molecule has 0 amide bonds. The second-order valence-corrected chi connectivity index (χ2v) is 4.99. The predicted molar refractivity (Wildman–Crippen MR) is 91.5 cm³/mol. The van der Waals surface area contributed by atoms with Crippen LogP contribution in [-0.2, 0) is 4.79 Å². The van der Waals surface area contributed by atoms with Crippen LogP contribution in [-0.4, -0.2) is 26.3 Å². The molecule has 0 saturated carbocycles. The van der Waals surface area contributed by atoms with Crippen LogP contribution in [0.4, 0.5) is 0 Å². The van der Waals surface area contributed by atoms with E-state index in [2.05, 4.69) is 11.1 Å². The summed E-state index contributed by atoms with van der Waals surface area (Å²) in [6.45, 7) is 3.41. The quantitative estimate of drug-likeness (QED) is 0.720. The molecule has 5 heteroatoms. The lowest BCUT2D eigenvalue weighted by molar-refractivity contribution is -0.136. The molecule has 0 aliphatic heterocycles. The maximum atomic E-state index is 9.37. The highest BCUT2D eigenvalue weighted by atomic mass is 16.4. The first-order chi connectivity index (χ1) is 11.0. The number of pyridine rings is 1. The molecule has 1 aromatic carbocycles. The second-order valence-electron chi connectivity index (χ2n) is 4.99. The monoisotopic (exact) mass is 309 g/mol. The number of fused-ring (bicyclic) bond motifs is 1. The normalized spacial score (nSPS) is 10.0. The van der Waals surface area contributed by atoms with E-state index in [1.807, 2.05) is 54.1 Å². The fraction of sp³-hybridized carbons (Fsp3) is 0.167. The zero-order valence-electron chi connectivity index (χ0n) is 13.2. The Morgan fingerprint density at radius 1 is 1.22 bits per heavy atom. The van der Waals surface area contributed by atoms with E-state index in [1.165, 1.54) is 0 Å². The third-order valence-electron chi connectivity index (χ3n) is 3.31. The number of hydrogen-bond donors (Lipinski definition) is 2. The van der Waals surface area contributed by atoms with Gasteiger partial charge in [-0.25, -0.2) is 4.98 Å². The van der Waals surface area contributed by atoms with Crippen molar-refractivity contribution < 1.29 is 9.90 Å². The number of aromatic nitrogens is 2. The van der Waals surface area contributed by atoms with Crippen LogP contribution in [0.1, 0.15) is 25.8 Å². The van der Waals surface area contributed by atoms with Crippen molar-refractivity contribution in [3.63, 3.8) is 0 Å². The summed E-state index contributed by atoms with van der Waals surface area (Å²) in [5, 5.41) is 16.7. The highest BCUT2D eigenvalue weighted by molar-refractivity contribution is 6.08. The van der Waals surface area contributed by atoms with E-state index >= 15 is 0 Å². The van der Waals surface area contributed by atoms with E-state index in [-0.39, 0.29) is 6.42 Å². The summed E-state index contributed by atoms with van der Waals surface area (Å²) in [6, 6.07) is 13.9. The Morgan fingerprint density at radius 3 is 2.43 bits per heavy atom. The zero-order chi connectivity index (χ0) is 16.8. The lowest BCUT2D eigenvalue weighted by atomic mass is 10.1. The summed E-state index contributed by atoms with van der Waals surface area (Å²) >= 11 is 0. The molecule has 0 fully saturated rings.